The topological polar surface area (TPSA) is 86.0 Å². The Balaban J connectivity index is 2.55. The normalized spacial score (nSPS) is 11.5. The molecule has 0 bridgehead atoms. The van der Waals surface area contributed by atoms with Gasteiger partial charge in [0, 0.05) is 19.2 Å². The molecular weight excluding hydrogens is 206 g/mol. The zero-order chi connectivity index (χ0) is 12.0. The maximum atomic E-state index is 10.5. The van der Waals surface area contributed by atoms with Gasteiger partial charge in [-0.2, -0.15) is 5.26 Å². The van der Waals surface area contributed by atoms with Gasteiger partial charge < -0.3 is 10.4 Å². The molecule has 0 fully saturated rings. The Bertz CT molecular complexity index is 412. The highest BCUT2D eigenvalue weighted by atomic mass is 16.4. The number of carboxylic acids is 1. The molecule has 5 nitrogen and oxygen atoms in total. The third kappa shape index (κ3) is 3.58. The van der Waals surface area contributed by atoms with Crippen molar-refractivity contribution in [2.24, 2.45) is 5.92 Å². The zero-order valence-electron chi connectivity index (χ0n) is 8.97. The minimum atomic E-state index is -0.819. The molecule has 0 aliphatic heterocycles. The van der Waals surface area contributed by atoms with Crippen LogP contribution in [0.25, 0.3) is 0 Å². The van der Waals surface area contributed by atoms with Crippen molar-refractivity contribution in [3.05, 3.63) is 24.0 Å². The molecule has 5 heteroatoms. The lowest BCUT2D eigenvalue weighted by molar-refractivity contribution is -0.137. The molecule has 1 aromatic heterocycles. The van der Waals surface area contributed by atoms with E-state index in [0.29, 0.717) is 17.9 Å². The van der Waals surface area contributed by atoms with E-state index in [2.05, 4.69) is 10.3 Å². The average Bonchev–Trinajstić information content (AvgIpc) is 2.26. The van der Waals surface area contributed by atoms with Crippen LogP contribution >= 0.6 is 0 Å². The first-order valence-corrected chi connectivity index (χ1v) is 4.94. The number of aromatic nitrogens is 1. The van der Waals surface area contributed by atoms with Crippen LogP contribution < -0.4 is 5.32 Å². The molecule has 0 saturated carbocycles. The Hall–Kier alpha value is -2.09. The van der Waals surface area contributed by atoms with E-state index in [1.54, 1.807) is 18.3 Å². The summed E-state index contributed by atoms with van der Waals surface area (Å²) in [6, 6.07) is 5.45. The van der Waals surface area contributed by atoms with Crippen LogP contribution in [0.15, 0.2) is 18.3 Å². The number of hydrogen-bond donors (Lipinski definition) is 2. The predicted octanol–water partition coefficient (Wildman–Crippen LogP) is 1.48. The number of carboxylic acid groups (broad SMARTS) is 1. The zero-order valence-corrected chi connectivity index (χ0v) is 8.97. The van der Waals surface area contributed by atoms with Crippen molar-refractivity contribution in [3.63, 3.8) is 0 Å². The van der Waals surface area contributed by atoms with Gasteiger partial charge in [0.2, 0.25) is 0 Å². The molecule has 16 heavy (non-hydrogen) atoms. The summed E-state index contributed by atoms with van der Waals surface area (Å²) in [6.45, 7) is 2.34. The molecular formula is C11H13N3O2. The van der Waals surface area contributed by atoms with Crippen molar-refractivity contribution in [2.45, 2.75) is 13.3 Å². The van der Waals surface area contributed by atoms with Crippen LogP contribution in [-0.2, 0) is 4.79 Å². The van der Waals surface area contributed by atoms with Crippen molar-refractivity contribution in [3.8, 4) is 6.07 Å². The number of nitrogens with one attached hydrogen (secondary N) is 1. The predicted molar refractivity (Wildman–Crippen MR) is 58.9 cm³/mol. The van der Waals surface area contributed by atoms with Crippen LogP contribution in [0, 0.1) is 17.2 Å². The summed E-state index contributed by atoms with van der Waals surface area (Å²) in [6.07, 6.45) is 1.65. The molecule has 0 spiro atoms. The molecule has 0 aliphatic rings. The van der Waals surface area contributed by atoms with Crippen molar-refractivity contribution >= 4 is 11.7 Å². The van der Waals surface area contributed by atoms with Crippen molar-refractivity contribution in [1.82, 2.24) is 4.98 Å². The van der Waals surface area contributed by atoms with Gasteiger partial charge in [0.15, 0.2) is 5.69 Å². The molecule has 2 N–H and O–H groups in total. The Morgan fingerprint density at radius 2 is 2.50 bits per heavy atom. The number of hydrogen-bond acceptors (Lipinski definition) is 4. The molecule has 0 aromatic carbocycles. The Morgan fingerprint density at radius 3 is 3.12 bits per heavy atom. The van der Waals surface area contributed by atoms with Crippen LogP contribution in [0.3, 0.4) is 0 Å². The van der Waals surface area contributed by atoms with Crippen molar-refractivity contribution in [2.75, 3.05) is 11.9 Å². The second-order valence-corrected chi connectivity index (χ2v) is 3.60. The largest absolute Gasteiger partial charge is 0.481 e. The minimum absolute atomic E-state index is 0.00393. The van der Waals surface area contributed by atoms with E-state index in [9.17, 15) is 4.79 Å². The van der Waals surface area contributed by atoms with E-state index in [-0.39, 0.29) is 12.3 Å². The van der Waals surface area contributed by atoms with Crippen molar-refractivity contribution < 1.29 is 9.90 Å². The van der Waals surface area contributed by atoms with Gasteiger partial charge >= 0.3 is 5.97 Å². The molecule has 84 valence electrons. The molecule has 0 amide bonds. The lowest BCUT2D eigenvalue weighted by Crippen LogP contribution is -2.15. The van der Waals surface area contributed by atoms with E-state index < -0.39 is 5.97 Å². The molecule has 0 saturated heterocycles. The highest BCUT2D eigenvalue weighted by Gasteiger charge is 2.08. The number of pyridine rings is 1. The van der Waals surface area contributed by atoms with Gasteiger partial charge in [-0.3, -0.25) is 4.79 Å². The van der Waals surface area contributed by atoms with Gasteiger partial charge in [0.05, 0.1) is 5.69 Å². The summed E-state index contributed by atoms with van der Waals surface area (Å²) in [4.78, 5) is 14.3. The number of rotatable bonds is 5. The molecule has 1 atom stereocenters. The summed E-state index contributed by atoms with van der Waals surface area (Å²) in [5, 5.41) is 20.4. The first-order chi connectivity index (χ1) is 7.63. The van der Waals surface area contributed by atoms with Crippen LogP contribution in [0.4, 0.5) is 5.69 Å². The number of anilines is 1. The highest BCUT2D eigenvalue weighted by Crippen LogP contribution is 2.12. The quantitative estimate of drug-likeness (QED) is 0.783. The van der Waals surface area contributed by atoms with Crippen LogP contribution in [0.2, 0.25) is 0 Å². The first kappa shape index (κ1) is 12.0. The van der Waals surface area contributed by atoms with E-state index >= 15 is 0 Å². The fraction of sp³-hybridized carbons (Fsp3) is 0.364. The molecule has 0 aliphatic carbocycles. The van der Waals surface area contributed by atoms with E-state index in [0.717, 1.165) is 0 Å². The van der Waals surface area contributed by atoms with Gasteiger partial charge in [-0.1, -0.05) is 6.92 Å². The standard InChI is InChI=1S/C11H13N3O2/c1-8(5-11(15)16)7-14-9-3-2-4-13-10(9)6-12/h2-4,8,14H,5,7H2,1H3,(H,15,16). The Labute approximate surface area is 93.7 Å². The minimum Gasteiger partial charge on any atom is -0.481 e. The second kappa shape index (κ2) is 5.71. The highest BCUT2D eigenvalue weighted by molar-refractivity contribution is 5.67. The summed E-state index contributed by atoms with van der Waals surface area (Å²) in [7, 11) is 0. The van der Waals surface area contributed by atoms with Crippen LogP contribution in [0.5, 0.6) is 0 Å². The summed E-state index contributed by atoms with van der Waals surface area (Å²) >= 11 is 0. The summed E-state index contributed by atoms with van der Waals surface area (Å²) < 4.78 is 0. The summed E-state index contributed by atoms with van der Waals surface area (Å²) in [5.41, 5.74) is 0.965. The molecule has 1 unspecified atom stereocenters. The van der Waals surface area contributed by atoms with E-state index in [4.69, 9.17) is 10.4 Å². The number of aliphatic carboxylic acids is 1. The second-order valence-electron chi connectivity index (χ2n) is 3.60. The SMILES string of the molecule is CC(CNc1cccnc1C#N)CC(=O)O. The van der Waals surface area contributed by atoms with Crippen LogP contribution in [-0.4, -0.2) is 22.6 Å². The average molecular weight is 219 g/mol. The summed E-state index contributed by atoms with van der Waals surface area (Å²) in [5.74, 6) is -0.815. The fourth-order valence-electron chi connectivity index (χ4n) is 1.29. The smallest absolute Gasteiger partial charge is 0.303 e. The fourth-order valence-corrected chi connectivity index (χ4v) is 1.29. The number of carbonyl (C=O) groups is 1. The maximum absolute atomic E-state index is 10.5. The Morgan fingerprint density at radius 1 is 1.75 bits per heavy atom. The lowest BCUT2D eigenvalue weighted by Gasteiger charge is -2.11. The first-order valence-electron chi connectivity index (χ1n) is 4.94. The molecule has 0 radical (unpaired) electrons. The third-order valence-corrected chi connectivity index (χ3v) is 2.08. The monoisotopic (exact) mass is 219 g/mol. The van der Waals surface area contributed by atoms with Crippen molar-refractivity contribution in [1.29, 1.82) is 5.26 Å². The lowest BCUT2D eigenvalue weighted by atomic mass is 10.1. The van der Waals surface area contributed by atoms with Gasteiger partial charge in [0.1, 0.15) is 6.07 Å². The number of nitrogens with zero attached hydrogens (tertiary/aromatic N) is 2. The van der Waals surface area contributed by atoms with Gasteiger partial charge in [-0.25, -0.2) is 4.98 Å². The molecule has 1 heterocycles. The number of nitriles is 1. The third-order valence-electron chi connectivity index (χ3n) is 2.08. The maximum Gasteiger partial charge on any atom is 0.303 e. The van der Waals surface area contributed by atoms with Crippen LogP contribution in [0.1, 0.15) is 19.0 Å². The Kier molecular flexibility index (Phi) is 4.28. The van der Waals surface area contributed by atoms with E-state index in [1.165, 1.54) is 0 Å². The van der Waals surface area contributed by atoms with E-state index in [1.807, 2.05) is 13.0 Å². The van der Waals surface area contributed by atoms with Gasteiger partial charge in [-0.05, 0) is 18.1 Å². The molecule has 1 aromatic rings. The van der Waals surface area contributed by atoms with Gasteiger partial charge in [0.25, 0.3) is 0 Å². The van der Waals surface area contributed by atoms with Gasteiger partial charge in [-0.15, -0.1) is 0 Å². The molecule has 1 rings (SSSR count).